The zero-order valence-corrected chi connectivity index (χ0v) is 12.4. The van der Waals surface area contributed by atoms with Crippen LogP contribution in [-0.2, 0) is 6.42 Å². The van der Waals surface area contributed by atoms with Crippen molar-refractivity contribution in [1.82, 2.24) is 5.32 Å². The molecule has 0 spiro atoms. The third-order valence-corrected chi connectivity index (χ3v) is 4.23. The van der Waals surface area contributed by atoms with Crippen LogP contribution >= 0.6 is 11.6 Å². The van der Waals surface area contributed by atoms with Gasteiger partial charge < -0.3 is 11.1 Å². The summed E-state index contributed by atoms with van der Waals surface area (Å²) in [4.78, 5) is 12.4. The summed E-state index contributed by atoms with van der Waals surface area (Å²) in [5.41, 5.74) is 9.51. The van der Waals surface area contributed by atoms with E-state index in [2.05, 4.69) is 5.32 Å². The smallest absolute Gasteiger partial charge is 0.253 e. The van der Waals surface area contributed by atoms with Gasteiger partial charge in [-0.25, -0.2) is 0 Å². The zero-order chi connectivity index (χ0) is 14.8. The van der Waals surface area contributed by atoms with Gasteiger partial charge in [-0.2, -0.15) is 0 Å². The second-order valence-corrected chi connectivity index (χ2v) is 5.76. The van der Waals surface area contributed by atoms with Gasteiger partial charge in [0.05, 0.1) is 16.6 Å². The van der Waals surface area contributed by atoms with E-state index in [0.29, 0.717) is 10.6 Å². The van der Waals surface area contributed by atoms with E-state index in [-0.39, 0.29) is 11.9 Å². The van der Waals surface area contributed by atoms with Crippen LogP contribution in [0.15, 0.2) is 42.5 Å². The fraction of sp³-hybridized carbons (Fsp3) is 0.235. The topological polar surface area (TPSA) is 55.1 Å². The molecular weight excluding hydrogens is 284 g/mol. The van der Waals surface area contributed by atoms with E-state index in [0.717, 1.165) is 30.5 Å². The van der Waals surface area contributed by atoms with E-state index in [1.807, 2.05) is 30.3 Å². The zero-order valence-electron chi connectivity index (χ0n) is 11.6. The Morgan fingerprint density at radius 2 is 2.05 bits per heavy atom. The minimum absolute atomic E-state index is 0.0260. The highest BCUT2D eigenvalue weighted by atomic mass is 35.5. The molecule has 1 atom stereocenters. The lowest BCUT2D eigenvalue weighted by Gasteiger charge is -2.26. The third-order valence-electron chi connectivity index (χ3n) is 3.91. The second kappa shape index (κ2) is 5.78. The molecule has 0 aromatic heterocycles. The van der Waals surface area contributed by atoms with Crippen molar-refractivity contribution in [2.45, 2.75) is 25.3 Å². The molecule has 1 aliphatic rings. The number of halogens is 1. The fourth-order valence-electron chi connectivity index (χ4n) is 2.87. The third kappa shape index (κ3) is 2.88. The molecule has 0 radical (unpaired) electrons. The first-order chi connectivity index (χ1) is 10.1. The minimum Gasteiger partial charge on any atom is -0.399 e. The van der Waals surface area contributed by atoms with Crippen LogP contribution in [0.2, 0.25) is 5.02 Å². The first-order valence-corrected chi connectivity index (χ1v) is 7.46. The van der Waals surface area contributed by atoms with Crippen LogP contribution in [0.25, 0.3) is 0 Å². The van der Waals surface area contributed by atoms with Crippen LogP contribution < -0.4 is 11.1 Å². The molecule has 0 heterocycles. The van der Waals surface area contributed by atoms with Crippen LogP contribution in [0.4, 0.5) is 5.69 Å². The largest absolute Gasteiger partial charge is 0.399 e. The molecule has 108 valence electrons. The Kier molecular flexibility index (Phi) is 3.84. The Hall–Kier alpha value is -2.00. The summed E-state index contributed by atoms with van der Waals surface area (Å²) in [6, 6.07) is 13.0. The predicted octanol–water partition coefficient (Wildman–Crippen LogP) is 3.73. The van der Waals surface area contributed by atoms with Gasteiger partial charge in [0, 0.05) is 5.69 Å². The van der Waals surface area contributed by atoms with Crippen molar-refractivity contribution in [3.63, 3.8) is 0 Å². The molecule has 3 N–H and O–H groups in total. The number of benzene rings is 2. The van der Waals surface area contributed by atoms with Crippen molar-refractivity contribution >= 4 is 23.2 Å². The number of rotatable bonds is 2. The summed E-state index contributed by atoms with van der Waals surface area (Å²) >= 11 is 6.08. The number of amides is 1. The average Bonchev–Trinajstić information content (AvgIpc) is 2.47. The monoisotopic (exact) mass is 300 g/mol. The van der Waals surface area contributed by atoms with Gasteiger partial charge in [-0.05, 0) is 54.7 Å². The van der Waals surface area contributed by atoms with Crippen molar-refractivity contribution in [2.24, 2.45) is 0 Å². The maximum absolute atomic E-state index is 12.4. The van der Waals surface area contributed by atoms with Gasteiger partial charge in [-0.3, -0.25) is 4.79 Å². The Labute approximate surface area is 129 Å². The highest BCUT2D eigenvalue weighted by Gasteiger charge is 2.23. The average molecular weight is 301 g/mol. The Bertz CT molecular complexity index is 684. The number of hydrogen-bond donors (Lipinski definition) is 2. The fourth-order valence-corrected chi connectivity index (χ4v) is 3.09. The van der Waals surface area contributed by atoms with E-state index in [4.69, 9.17) is 17.3 Å². The molecule has 21 heavy (non-hydrogen) atoms. The summed E-state index contributed by atoms with van der Waals surface area (Å²) in [6.45, 7) is 0. The molecule has 1 unspecified atom stereocenters. The SMILES string of the molecule is Nc1ccc2c(c1)CCCC2NC(=O)c1ccccc1Cl. The van der Waals surface area contributed by atoms with Crippen LogP contribution in [-0.4, -0.2) is 5.91 Å². The highest BCUT2D eigenvalue weighted by molar-refractivity contribution is 6.33. The lowest BCUT2D eigenvalue weighted by Crippen LogP contribution is -2.31. The molecule has 1 aliphatic carbocycles. The van der Waals surface area contributed by atoms with Crippen LogP contribution in [0.5, 0.6) is 0 Å². The van der Waals surface area contributed by atoms with Gasteiger partial charge in [0.2, 0.25) is 0 Å². The van der Waals surface area contributed by atoms with E-state index >= 15 is 0 Å². The molecule has 3 rings (SSSR count). The van der Waals surface area contributed by atoms with Crippen molar-refractivity contribution in [1.29, 1.82) is 0 Å². The first-order valence-electron chi connectivity index (χ1n) is 7.09. The van der Waals surface area contributed by atoms with E-state index in [1.54, 1.807) is 12.1 Å². The lowest BCUT2D eigenvalue weighted by atomic mass is 9.87. The predicted molar refractivity (Wildman–Crippen MR) is 85.5 cm³/mol. The summed E-state index contributed by atoms with van der Waals surface area (Å²) in [5.74, 6) is -0.129. The summed E-state index contributed by atoms with van der Waals surface area (Å²) in [6.07, 6.45) is 3.00. The number of nitrogens with two attached hydrogens (primary N) is 1. The maximum atomic E-state index is 12.4. The van der Waals surface area contributed by atoms with Crippen molar-refractivity contribution in [3.05, 3.63) is 64.2 Å². The van der Waals surface area contributed by atoms with Gasteiger partial charge in [-0.1, -0.05) is 29.8 Å². The van der Waals surface area contributed by atoms with Gasteiger partial charge >= 0.3 is 0 Å². The maximum Gasteiger partial charge on any atom is 0.253 e. The Morgan fingerprint density at radius 1 is 1.24 bits per heavy atom. The second-order valence-electron chi connectivity index (χ2n) is 5.36. The van der Waals surface area contributed by atoms with Gasteiger partial charge in [0.15, 0.2) is 0 Å². The van der Waals surface area contributed by atoms with Crippen LogP contribution in [0.3, 0.4) is 0 Å². The molecule has 0 bridgehead atoms. The van der Waals surface area contributed by atoms with Crippen LogP contribution in [0, 0.1) is 0 Å². The molecule has 4 heteroatoms. The summed E-state index contributed by atoms with van der Waals surface area (Å²) in [5, 5.41) is 3.56. The molecule has 2 aromatic rings. The van der Waals surface area contributed by atoms with E-state index < -0.39 is 0 Å². The summed E-state index contributed by atoms with van der Waals surface area (Å²) < 4.78 is 0. The molecule has 0 saturated carbocycles. The molecule has 3 nitrogen and oxygen atoms in total. The number of aryl methyl sites for hydroxylation is 1. The molecule has 2 aromatic carbocycles. The highest BCUT2D eigenvalue weighted by Crippen LogP contribution is 2.31. The van der Waals surface area contributed by atoms with Gasteiger partial charge in [-0.15, -0.1) is 0 Å². The number of carbonyl (C=O) groups is 1. The van der Waals surface area contributed by atoms with Gasteiger partial charge in [0.25, 0.3) is 5.91 Å². The minimum atomic E-state index is -0.129. The van der Waals surface area contributed by atoms with Crippen molar-refractivity contribution in [2.75, 3.05) is 5.73 Å². The Balaban J connectivity index is 1.84. The molecule has 0 fully saturated rings. The van der Waals surface area contributed by atoms with E-state index in [1.165, 1.54) is 5.56 Å². The normalized spacial score (nSPS) is 17.1. The molecule has 0 aliphatic heterocycles. The first kappa shape index (κ1) is 14.0. The van der Waals surface area contributed by atoms with Gasteiger partial charge in [0.1, 0.15) is 0 Å². The molecular formula is C17H17ClN2O. The van der Waals surface area contributed by atoms with Crippen LogP contribution in [0.1, 0.15) is 40.4 Å². The number of hydrogen-bond acceptors (Lipinski definition) is 2. The summed E-state index contributed by atoms with van der Waals surface area (Å²) in [7, 11) is 0. The van der Waals surface area contributed by atoms with Crippen molar-refractivity contribution in [3.8, 4) is 0 Å². The quantitative estimate of drug-likeness (QED) is 0.830. The Morgan fingerprint density at radius 3 is 2.86 bits per heavy atom. The lowest BCUT2D eigenvalue weighted by molar-refractivity contribution is 0.0933. The molecule has 0 saturated heterocycles. The molecule has 1 amide bonds. The van der Waals surface area contributed by atoms with E-state index in [9.17, 15) is 4.79 Å². The standard InChI is InChI=1S/C17H17ClN2O/c18-15-6-2-1-5-14(15)17(21)20-16-7-3-4-11-10-12(19)8-9-13(11)16/h1-2,5-6,8-10,16H,3-4,7,19H2,(H,20,21). The number of fused-ring (bicyclic) bond motifs is 1. The van der Waals surface area contributed by atoms with Crippen molar-refractivity contribution < 1.29 is 4.79 Å². The number of carbonyl (C=O) groups excluding carboxylic acids is 1. The number of nitrogen functional groups attached to an aromatic ring is 1. The number of nitrogens with one attached hydrogen (secondary N) is 1. The number of anilines is 1.